The van der Waals surface area contributed by atoms with Crippen LogP contribution in [0.15, 0.2) is 42.7 Å². The molecule has 0 amide bonds. The van der Waals surface area contributed by atoms with Gasteiger partial charge < -0.3 is 4.74 Å². The number of benzene rings is 1. The second-order valence-electron chi connectivity index (χ2n) is 3.85. The lowest BCUT2D eigenvalue weighted by atomic mass is 10.2. The summed E-state index contributed by atoms with van der Waals surface area (Å²) in [5.74, 6) is 0.875. The van der Waals surface area contributed by atoms with Crippen LogP contribution in [0.5, 0.6) is 5.75 Å². The third kappa shape index (κ3) is 3.72. The van der Waals surface area contributed by atoms with Crippen molar-refractivity contribution in [2.75, 3.05) is 6.61 Å². The molecule has 0 N–H and O–H groups in total. The van der Waals surface area contributed by atoms with Crippen LogP contribution in [-0.2, 0) is 11.8 Å². The van der Waals surface area contributed by atoms with Gasteiger partial charge in [-0.15, -0.1) is 0 Å². The molecule has 0 saturated heterocycles. The molecule has 2 nitrogen and oxygen atoms in total. The van der Waals surface area contributed by atoms with Crippen molar-refractivity contribution in [1.82, 2.24) is 4.98 Å². The van der Waals surface area contributed by atoms with Gasteiger partial charge in [0, 0.05) is 34.7 Å². The minimum atomic E-state index is 0.632. The van der Waals surface area contributed by atoms with E-state index in [-0.39, 0.29) is 0 Å². The van der Waals surface area contributed by atoms with Crippen molar-refractivity contribution in [1.29, 1.82) is 0 Å². The summed E-state index contributed by atoms with van der Waals surface area (Å²) in [6.07, 6.45) is 4.47. The summed E-state index contributed by atoms with van der Waals surface area (Å²) in [5, 5.41) is 1.46. The molecule has 0 spiro atoms. The maximum Gasteiger partial charge on any atom is 0.123 e. The second-order valence-corrected chi connectivity index (χ2v) is 4.84. The number of halogens is 2. The van der Waals surface area contributed by atoms with Crippen molar-refractivity contribution < 1.29 is 4.74 Å². The third-order valence-electron chi connectivity index (χ3n) is 2.54. The first-order chi connectivity index (χ1) is 8.79. The molecule has 4 heteroatoms. The summed E-state index contributed by atoms with van der Waals surface area (Å²) < 4.78 is 5.77. The minimum Gasteiger partial charge on any atom is -0.493 e. The lowest BCUT2D eigenvalue weighted by Gasteiger charge is -2.10. The Morgan fingerprint density at radius 1 is 1.28 bits per heavy atom. The molecule has 0 aliphatic rings. The Morgan fingerprint density at radius 3 is 2.89 bits per heavy atom. The molecule has 0 atom stereocenters. The number of nitrogens with zero attached hydrogens (tertiary/aromatic N) is 1. The van der Waals surface area contributed by atoms with E-state index < -0.39 is 0 Å². The molecule has 0 fully saturated rings. The zero-order valence-corrected chi connectivity index (χ0v) is 12.1. The third-order valence-corrected chi connectivity index (χ3v) is 3.38. The van der Waals surface area contributed by atoms with E-state index in [4.69, 9.17) is 16.3 Å². The quantitative estimate of drug-likeness (QED) is 0.766. The fourth-order valence-electron chi connectivity index (χ4n) is 1.62. The smallest absolute Gasteiger partial charge is 0.123 e. The summed E-state index contributed by atoms with van der Waals surface area (Å²) in [7, 11) is 0. The van der Waals surface area contributed by atoms with Gasteiger partial charge in [0.25, 0.3) is 0 Å². The highest BCUT2D eigenvalue weighted by molar-refractivity contribution is 9.08. The molecule has 0 bridgehead atoms. The number of alkyl halides is 1. The van der Waals surface area contributed by atoms with Crippen LogP contribution in [0.4, 0.5) is 0 Å². The Bertz CT molecular complexity index is 504. The Labute approximate surface area is 120 Å². The van der Waals surface area contributed by atoms with Gasteiger partial charge in [-0.1, -0.05) is 33.6 Å². The predicted octanol–water partition coefficient (Wildman–Crippen LogP) is 4.25. The fourth-order valence-corrected chi connectivity index (χ4v) is 2.25. The summed E-state index contributed by atoms with van der Waals surface area (Å²) >= 11 is 9.37. The predicted molar refractivity (Wildman–Crippen MR) is 77.5 cm³/mol. The molecule has 18 heavy (non-hydrogen) atoms. The number of hydrogen-bond acceptors (Lipinski definition) is 2. The molecule has 1 aromatic heterocycles. The van der Waals surface area contributed by atoms with Gasteiger partial charge in [-0.25, -0.2) is 0 Å². The molecule has 2 rings (SSSR count). The van der Waals surface area contributed by atoms with Gasteiger partial charge in [-0.2, -0.15) is 0 Å². The van der Waals surface area contributed by atoms with E-state index >= 15 is 0 Å². The van der Waals surface area contributed by atoms with E-state index in [2.05, 4.69) is 20.9 Å². The van der Waals surface area contributed by atoms with Crippen molar-refractivity contribution in [2.24, 2.45) is 0 Å². The Kier molecular flexibility index (Phi) is 5.02. The molecule has 0 saturated carbocycles. The van der Waals surface area contributed by atoms with Crippen molar-refractivity contribution >= 4 is 27.5 Å². The molecule has 94 valence electrons. The number of aromatic nitrogens is 1. The van der Waals surface area contributed by atoms with Gasteiger partial charge in [0.1, 0.15) is 5.75 Å². The molecule has 2 aromatic rings. The van der Waals surface area contributed by atoms with Gasteiger partial charge in [-0.05, 0) is 29.8 Å². The van der Waals surface area contributed by atoms with Crippen LogP contribution < -0.4 is 4.74 Å². The van der Waals surface area contributed by atoms with Crippen LogP contribution in [0, 0.1) is 0 Å². The molecule has 0 unspecified atom stereocenters. The Morgan fingerprint density at radius 2 is 2.17 bits per heavy atom. The van der Waals surface area contributed by atoms with Crippen molar-refractivity contribution in [3.63, 3.8) is 0 Å². The second kappa shape index (κ2) is 6.76. The standard InChI is InChI=1S/C14H13BrClNO/c15-9-12-8-13(16)3-4-14(12)18-7-5-11-2-1-6-17-10-11/h1-4,6,8,10H,5,7,9H2. The first-order valence-corrected chi connectivity index (χ1v) is 7.15. The van der Waals surface area contributed by atoms with Crippen LogP contribution in [0.3, 0.4) is 0 Å². The van der Waals surface area contributed by atoms with E-state index in [0.717, 1.165) is 28.1 Å². The van der Waals surface area contributed by atoms with E-state index in [0.29, 0.717) is 6.61 Å². The maximum atomic E-state index is 5.94. The molecule has 1 aromatic carbocycles. The average molecular weight is 327 g/mol. The normalized spacial score (nSPS) is 10.3. The zero-order valence-electron chi connectivity index (χ0n) is 9.77. The number of rotatable bonds is 5. The van der Waals surface area contributed by atoms with Crippen LogP contribution in [-0.4, -0.2) is 11.6 Å². The number of pyridine rings is 1. The van der Waals surface area contributed by atoms with Gasteiger partial charge >= 0.3 is 0 Å². The summed E-state index contributed by atoms with van der Waals surface area (Å²) in [6, 6.07) is 9.64. The first-order valence-electron chi connectivity index (χ1n) is 5.65. The van der Waals surface area contributed by atoms with Gasteiger partial charge in [0.15, 0.2) is 0 Å². The lowest BCUT2D eigenvalue weighted by Crippen LogP contribution is -2.03. The lowest BCUT2D eigenvalue weighted by molar-refractivity contribution is 0.319. The summed E-state index contributed by atoms with van der Waals surface area (Å²) in [4.78, 5) is 4.08. The van der Waals surface area contributed by atoms with Crippen LogP contribution >= 0.6 is 27.5 Å². The van der Waals surface area contributed by atoms with E-state index in [1.807, 2.05) is 36.5 Å². The topological polar surface area (TPSA) is 22.1 Å². The molecule has 0 aliphatic heterocycles. The molecule has 1 heterocycles. The summed E-state index contributed by atoms with van der Waals surface area (Å²) in [6.45, 7) is 0.632. The van der Waals surface area contributed by atoms with Crippen LogP contribution in [0.2, 0.25) is 5.02 Å². The van der Waals surface area contributed by atoms with E-state index in [9.17, 15) is 0 Å². The minimum absolute atomic E-state index is 0.632. The maximum absolute atomic E-state index is 5.94. The highest BCUT2D eigenvalue weighted by atomic mass is 79.9. The average Bonchev–Trinajstić information content (AvgIpc) is 2.41. The molecular weight excluding hydrogens is 314 g/mol. The van der Waals surface area contributed by atoms with Crippen LogP contribution in [0.1, 0.15) is 11.1 Å². The monoisotopic (exact) mass is 325 g/mol. The zero-order chi connectivity index (χ0) is 12.8. The molecular formula is C14H13BrClNO. The van der Waals surface area contributed by atoms with Gasteiger partial charge in [0.2, 0.25) is 0 Å². The fraction of sp³-hybridized carbons (Fsp3) is 0.214. The van der Waals surface area contributed by atoms with Crippen molar-refractivity contribution in [3.05, 3.63) is 58.9 Å². The molecule has 0 radical (unpaired) electrons. The Balaban J connectivity index is 1.94. The van der Waals surface area contributed by atoms with E-state index in [1.54, 1.807) is 6.20 Å². The number of ether oxygens (including phenoxy) is 1. The highest BCUT2D eigenvalue weighted by Crippen LogP contribution is 2.25. The highest BCUT2D eigenvalue weighted by Gasteiger charge is 2.03. The largest absolute Gasteiger partial charge is 0.493 e. The van der Waals surface area contributed by atoms with Gasteiger partial charge in [0.05, 0.1) is 6.61 Å². The van der Waals surface area contributed by atoms with Crippen molar-refractivity contribution in [2.45, 2.75) is 11.8 Å². The molecule has 0 aliphatic carbocycles. The van der Waals surface area contributed by atoms with Crippen LogP contribution in [0.25, 0.3) is 0 Å². The van der Waals surface area contributed by atoms with Crippen molar-refractivity contribution in [3.8, 4) is 5.75 Å². The summed E-state index contributed by atoms with van der Waals surface area (Å²) in [5.41, 5.74) is 2.24. The SMILES string of the molecule is Clc1ccc(OCCc2cccnc2)c(CBr)c1. The van der Waals surface area contributed by atoms with E-state index in [1.165, 1.54) is 5.56 Å². The van der Waals surface area contributed by atoms with Gasteiger partial charge in [-0.3, -0.25) is 4.98 Å². The first kappa shape index (κ1) is 13.4. The Hall–Kier alpha value is -1.06. The number of hydrogen-bond donors (Lipinski definition) is 0.